The minimum Gasteiger partial charge on any atom is -0.316 e. The van der Waals surface area contributed by atoms with Crippen molar-refractivity contribution in [3.05, 3.63) is 42.2 Å². The van der Waals surface area contributed by atoms with Gasteiger partial charge in [0, 0.05) is 23.2 Å². The van der Waals surface area contributed by atoms with Gasteiger partial charge in [-0.2, -0.15) is 0 Å². The van der Waals surface area contributed by atoms with E-state index in [0.29, 0.717) is 0 Å². The summed E-state index contributed by atoms with van der Waals surface area (Å²) in [5.41, 5.74) is 6.29. The van der Waals surface area contributed by atoms with Gasteiger partial charge >= 0.3 is 0 Å². The van der Waals surface area contributed by atoms with Gasteiger partial charge in [-0.25, -0.2) is 0 Å². The molecule has 80 valence electrons. The zero-order chi connectivity index (χ0) is 11.6. The molecule has 0 unspecified atom stereocenters. The zero-order valence-corrected chi connectivity index (χ0v) is 9.49. The average molecular weight is 210 g/mol. The Kier molecular flexibility index (Phi) is 2.64. The van der Waals surface area contributed by atoms with Crippen LogP contribution in [0.5, 0.6) is 0 Å². The largest absolute Gasteiger partial charge is 0.316 e. The van der Waals surface area contributed by atoms with Crippen LogP contribution < -0.4 is 5.73 Å². The number of benzene rings is 1. The molecule has 2 nitrogen and oxygen atoms in total. The molecule has 0 atom stereocenters. The number of aromatic nitrogens is 1. The van der Waals surface area contributed by atoms with E-state index in [1.807, 2.05) is 44.3 Å². The molecule has 0 saturated carbocycles. The molecule has 0 amide bonds. The summed E-state index contributed by atoms with van der Waals surface area (Å²) in [5.74, 6) is 6.11. The van der Waals surface area contributed by atoms with E-state index in [9.17, 15) is 0 Å². The van der Waals surface area contributed by atoms with Crippen LogP contribution in [0, 0.1) is 11.8 Å². The van der Waals surface area contributed by atoms with Crippen LogP contribution in [0.3, 0.4) is 0 Å². The topological polar surface area (TPSA) is 38.9 Å². The van der Waals surface area contributed by atoms with E-state index in [1.165, 1.54) is 0 Å². The molecule has 2 rings (SSSR count). The quantitative estimate of drug-likeness (QED) is 0.678. The molecule has 1 aromatic heterocycles. The second-order valence-electron chi connectivity index (χ2n) is 4.38. The van der Waals surface area contributed by atoms with Gasteiger partial charge in [0.1, 0.15) is 0 Å². The lowest BCUT2D eigenvalue weighted by atomic mass is 10.1. The van der Waals surface area contributed by atoms with Gasteiger partial charge in [-0.3, -0.25) is 4.98 Å². The number of nitrogens with zero attached hydrogens (tertiary/aromatic N) is 1. The fourth-order valence-electron chi connectivity index (χ4n) is 1.44. The number of fused-ring (bicyclic) bond motifs is 1. The van der Waals surface area contributed by atoms with Crippen LogP contribution in [0.25, 0.3) is 10.8 Å². The SMILES string of the molecule is CC(C)(N)C#Cc1cncc2ccccc12. The molecule has 16 heavy (non-hydrogen) atoms. The van der Waals surface area contributed by atoms with Gasteiger partial charge in [0.15, 0.2) is 0 Å². The fourth-order valence-corrected chi connectivity index (χ4v) is 1.44. The van der Waals surface area contributed by atoms with Gasteiger partial charge in [0.2, 0.25) is 0 Å². The van der Waals surface area contributed by atoms with Crippen molar-refractivity contribution in [3.8, 4) is 11.8 Å². The maximum Gasteiger partial charge on any atom is 0.0722 e. The monoisotopic (exact) mass is 210 g/mol. The number of hydrogen-bond acceptors (Lipinski definition) is 2. The van der Waals surface area contributed by atoms with E-state index in [0.717, 1.165) is 16.3 Å². The molecule has 1 heterocycles. The van der Waals surface area contributed by atoms with E-state index < -0.39 is 5.54 Å². The van der Waals surface area contributed by atoms with Gasteiger partial charge in [-0.1, -0.05) is 36.1 Å². The first-order chi connectivity index (χ1) is 7.56. The highest BCUT2D eigenvalue weighted by Crippen LogP contribution is 2.15. The first-order valence-electron chi connectivity index (χ1n) is 5.21. The Hall–Kier alpha value is -1.85. The van der Waals surface area contributed by atoms with Crippen LogP contribution in [0.2, 0.25) is 0 Å². The van der Waals surface area contributed by atoms with E-state index in [-0.39, 0.29) is 0 Å². The number of hydrogen-bond donors (Lipinski definition) is 1. The Morgan fingerprint density at radius 1 is 1.19 bits per heavy atom. The molecule has 0 radical (unpaired) electrons. The molecule has 0 aliphatic rings. The van der Waals surface area contributed by atoms with Crippen molar-refractivity contribution in [2.45, 2.75) is 19.4 Å². The molecule has 1 aromatic carbocycles. The minimum absolute atomic E-state index is 0.475. The van der Waals surface area contributed by atoms with Crippen LogP contribution in [0.1, 0.15) is 19.4 Å². The van der Waals surface area contributed by atoms with E-state index in [2.05, 4.69) is 16.8 Å². The lowest BCUT2D eigenvalue weighted by Crippen LogP contribution is -2.29. The second kappa shape index (κ2) is 3.96. The summed E-state index contributed by atoms with van der Waals surface area (Å²) in [6.45, 7) is 3.77. The van der Waals surface area contributed by atoms with Crippen molar-refractivity contribution >= 4 is 10.8 Å². The van der Waals surface area contributed by atoms with Gasteiger partial charge in [-0.05, 0) is 13.8 Å². The Labute approximate surface area is 95.5 Å². The molecule has 2 aromatic rings. The maximum atomic E-state index is 5.83. The highest BCUT2D eigenvalue weighted by atomic mass is 14.7. The lowest BCUT2D eigenvalue weighted by Gasteiger charge is -2.07. The van der Waals surface area contributed by atoms with Gasteiger partial charge in [-0.15, -0.1) is 0 Å². The Bertz CT molecular complexity index is 563. The molecule has 0 aliphatic heterocycles. The van der Waals surface area contributed by atoms with Crippen LogP contribution in [0.4, 0.5) is 0 Å². The van der Waals surface area contributed by atoms with Crippen LogP contribution in [0.15, 0.2) is 36.7 Å². The summed E-state index contributed by atoms with van der Waals surface area (Å²) in [6.07, 6.45) is 3.62. The summed E-state index contributed by atoms with van der Waals surface area (Å²) in [7, 11) is 0. The summed E-state index contributed by atoms with van der Waals surface area (Å²) in [4.78, 5) is 4.17. The Morgan fingerprint density at radius 2 is 1.94 bits per heavy atom. The summed E-state index contributed by atoms with van der Waals surface area (Å²) >= 11 is 0. The number of nitrogens with two attached hydrogens (primary N) is 1. The number of rotatable bonds is 0. The Morgan fingerprint density at radius 3 is 2.69 bits per heavy atom. The fraction of sp³-hybridized carbons (Fsp3) is 0.214. The first kappa shape index (κ1) is 10.7. The normalized spacial score (nSPS) is 10.9. The third kappa shape index (κ3) is 2.39. The smallest absolute Gasteiger partial charge is 0.0722 e. The highest BCUT2D eigenvalue weighted by molar-refractivity contribution is 5.87. The van der Waals surface area contributed by atoms with Crippen LogP contribution in [-0.2, 0) is 0 Å². The van der Waals surface area contributed by atoms with E-state index in [4.69, 9.17) is 5.73 Å². The van der Waals surface area contributed by atoms with Crippen molar-refractivity contribution in [1.29, 1.82) is 0 Å². The summed E-state index contributed by atoms with van der Waals surface area (Å²) < 4.78 is 0. The molecule has 0 aliphatic carbocycles. The zero-order valence-electron chi connectivity index (χ0n) is 9.49. The van der Waals surface area contributed by atoms with Crippen molar-refractivity contribution in [2.24, 2.45) is 5.73 Å². The summed E-state index contributed by atoms with van der Waals surface area (Å²) in [5, 5.41) is 2.22. The van der Waals surface area contributed by atoms with Gasteiger partial charge in [0.25, 0.3) is 0 Å². The third-order valence-corrected chi connectivity index (χ3v) is 2.19. The third-order valence-electron chi connectivity index (χ3n) is 2.19. The lowest BCUT2D eigenvalue weighted by molar-refractivity contribution is 0.680. The Balaban J connectivity index is 2.56. The predicted octanol–water partition coefficient (Wildman–Crippen LogP) is 2.32. The second-order valence-corrected chi connectivity index (χ2v) is 4.38. The molecule has 0 spiro atoms. The van der Waals surface area contributed by atoms with Crippen molar-refractivity contribution in [3.63, 3.8) is 0 Å². The van der Waals surface area contributed by atoms with E-state index >= 15 is 0 Å². The van der Waals surface area contributed by atoms with Crippen LogP contribution in [-0.4, -0.2) is 10.5 Å². The van der Waals surface area contributed by atoms with Gasteiger partial charge in [0.05, 0.1) is 11.1 Å². The van der Waals surface area contributed by atoms with E-state index in [1.54, 1.807) is 6.20 Å². The molecule has 2 N–H and O–H groups in total. The summed E-state index contributed by atoms with van der Waals surface area (Å²) in [6, 6.07) is 8.07. The molecular weight excluding hydrogens is 196 g/mol. The molecule has 0 saturated heterocycles. The highest BCUT2D eigenvalue weighted by Gasteiger charge is 2.04. The number of pyridine rings is 1. The minimum atomic E-state index is -0.475. The molecule has 0 bridgehead atoms. The molecule has 0 fully saturated rings. The first-order valence-corrected chi connectivity index (χ1v) is 5.21. The van der Waals surface area contributed by atoms with Crippen molar-refractivity contribution in [1.82, 2.24) is 4.98 Å². The maximum absolute atomic E-state index is 5.83. The van der Waals surface area contributed by atoms with Gasteiger partial charge < -0.3 is 5.73 Å². The van der Waals surface area contributed by atoms with Crippen LogP contribution >= 0.6 is 0 Å². The van der Waals surface area contributed by atoms with Crippen molar-refractivity contribution in [2.75, 3.05) is 0 Å². The standard InChI is InChI=1S/C14H14N2/c1-14(2,15)8-7-12-10-16-9-11-5-3-4-6-13(11)12/h3-6,9-10H,15H2,1-2H3. The predicted molar refractivity (Wildman–Crippen MR) is 66.9 cm³/mol. The average Bonchev–Trinajstić information content (AvgIpc) is 2.25. The molecule has 2 heteroatoms. The van der Waals surface area contributed by atoms with Crippen molar-refractivity contribution < 1.29 is 0 Å². The molecular formula is C14H14N2.